The van der Waals surface area contributed by atoms with Crippen LogP contribution in [0, 0.1) is 0 Å². The van der Waals surface area contributed by atoms with Gasteiger partial charge in [-0.3, -0.25) is 4.79 Å². The fraction of sp³-hybridized carbons (Fsp3) is 0.905. The van der Waals surface area contributed by atoms with E-state index in [4.69, 9.17) is 16.2 Å². The van der Waals surface area contributed by atoms with Crippen LogP contribution in [0.2, 0.25) is 0 Å². The first kappa shape index (κ1) is 28.6. The number of alkyl carbamates (subject to hydrolysis) is 1. The van der Waals surface area contributed by atoms with Crippen molar-refractivity contribution in [3.8, 4) is 0 Å². The molecule has 0 spiro atoms. The lowest BCUT2D eigenvalue weighted by Crippen LogP contribution is -2.41. The topological polar surface area (TPSA) is 144 Å². The zero-order chi connectivity index (χ0) is 22.7. The van der Waals surface area contributed by atoms with E-state index in [2.05, 4.69) is 21.3 Å². The second-order valence-corrected chi connectivity index (χ2v) is 8.52. The monoisotopic (exact) mass is 430 g/mol. The first-order valence-corrected chi connectivity index (χ1v) is 11.4. The lowest BCUT2D eigenvalue weighted by atomic mass is 10.1. The Morgan fingerprint density at radius 1 is 0.800 bits per heavy atom. The van der Waals surface area contributed by atoms with E-state index in [1.807, 2.05) is 20.8 Å². The molecule has 9 nitrogen and oxygen atoms in total. The van der Waals surface area contributed by atoms with Crippen molar-refractivity contribution >= 4 is 12.0 Å². The number of hydrogen-bond acceptors (Lipinski definition) is 7. The molecule has 0 bridgehead atoms. The molecule has 178 valence electrons. The Morgan fingerprint density at radius 2 is 1.33 bits per heavy atom. The zero-order valence-corrected chi connectivity index (χ0v) is 19.4. The summed E-state index contributed by atoms with van der Waals surface area (Å²) in [5.41, 5.74) is 10.9. The maximum atomic E-state index is 12.0. The molecule has 0 rings (SSSR count). The van der Waals surface area contributed by atoms with Crippen LogP contribution in [0.25, 0.3) is 0 Å². The largest absolute Gasteiger partial charge is 0.444 e. The van der Waals surface area contributed by atoms with Crippen molar-refractivity contribution in [3.63, 3.8) is 0 Å². The second kappa shape index (κ2) is 18.4. The molecule has 1 atom stereocenters. The minimum Gasteiger partial charge on any atom is -0.444 e. The molecule has 0 aromatic heterocycles. The Kier molecular flexibility index (Phi) is 17.5. The minimum absolute atomic E-state index is 0.112. The Hall–Kier alpha value is -1.42. The SMILES string of the molecule is CC(C)(C)OC(=O)NCCCC[C@@H](N)C(=O)NCCCNCCCCNCCCN. The lowest BCUT2D eigenvalue weighted by Gasteiger charge is -2.19. The van der Waals surface area contributed by atoms with Crippen molar-refractivity contribution in [2.24, 2.45) is 11.5 Å². The van der Waals surface area contributed by atoms with Gasteiger partial charge in [-0.15, -0.1) is 0 Å². The molecule has 0 fully saturated rings. The molecular formula is C21H46N6O3. The summed E-state index contributed by atoms with van der Waals surface area (Å²) in [7, 11) is 0. The summed E-state index contributed by atoms with van der Waals surface area (Å²) < 4.78 is 5.16. The van der Waals surface area contributed by atoms with Crippen molar-refractivity contribution in [1.82, 2.24) is 21.3 Å². The second-order valence-electron chi connectivity index (χ2n) is 8.52. The summed E-state index contributed by atoms with van der Waals surface area (Å²) in [5.74, 6) is -0.112. The molecule has 9 heteroatoms. The van der Waals surface area contributed by atoms with Gasteiger partial charge in [0.15, 0.2) is 0 Å². The highest BCUT2D eigenvalue weighted by molar-refractivity contribution is 5.81. The van der Waals surface area contributed by atoms with Gasteiger partial charge in [-0.1, -0.05) is 0 Å². The molecule has 0 heterocycles. The van der Waals surface area contributed by atoms with Crippen LogP contribution in [0.5, 0.6) is 0 Å². The van der Waals surface area contributed by atoms with Gasteiger partial charge >= 0.3 is 6.09 Å². The third-order valence-corrected chi connectivity index (χ3v) is 4.29. The number of carbonyl (C=O) groups is 2. The maximum Gasteiger partial charge on any atom is 0.407 e. The van der Waals surface area contributed by atoms with Crippen molar-refractivity contribution in [2.45, 2.75) is 77.4 Å². The van der Waals surface area contributed by atoms with E-state index in [-0.39, 0.29) is 5.91 Å². The summed E-state index contributed by atoms with van der Waals surface area (Å²) in [5, 5.41) is 12.3. The highest BCUT2D eigenvalue weighted by Gasteiger charge is 2.16. The fourth-order valence-electron chi connectivity index (χ4n) is 2.66. The lowest BCUT2D eigenvalue weighted by molar-refractivity contribution is -0.122. The van der Waals surface area contributed by atoms with Crippen LogP contribution in [0.1, 0.15) is 65.7 Å². The summed E-state index contributed by atoms with van der Waals surface area (Å²) in [6.07, 6.45) is 5.90. The Morgan fingerprint density at radius 3 is 1.93 bits per heavy atom. The summed E-state index contributed by atoms with van der Waals surface area (Å²) in [6.45, 7) is 11.3. The average molecular weight is 431 g/mol. The molecule has 0 radical (unpaired) electrons. The molecule has 0 aliphatic carbocycles. The Balaban J connectivity index is 3.47. The van der Waals surface area contributed by atoms with Gasteiger partial charge in [0.1, 0.15) is 5.60 Å². The van der Waals surface area contributed by atoms with E-state index in [0.29, 0.717) is 19.5 Å². The van der Waals surface area contributed by atoms with Crippen LogP contribution in [0.15, 0.2) is 0 Å². The first-order chi connectivity index (χ1) is 14.3. The summed E-state index contributed by atoms with van der Waals surface area (Å²) >= 11 is 0. The van der Waals surface area contributed by atoms with Gasteiger partial charge in [0.2, 0.25) is 5.91 Å². The van der Waals surface area contributed by atoms with Gasteiger partial charge in [0.25, 0.3) is 0 Å². The van der Waals surface area contributed by atoms with Crippen LogP contribution in [-0.4, -0.2) is 69.5 Å². The third kappa shape index (κ3) is 19.9. The van der Waals surface area contributed by atoms with E-state index in [1.165, 1.54) is 0 Å². The van der Waals surface area contributed by atoms with Crippen LogP contribution < -0.4 is 32.7 Å². The summed E-state index contributed by atoms with van der Waals surface area (Å²) in [4.78, 5) is 23.5. The molecule has 0 aliphatic heterocycles. The van der Waals surface area contributed by atoms with Crippen molar-refractivity contribution in [1.29, 1.82) is 0 Å². The predicted octanol–water partition coefficient (Wildman–Crippen LogP) is 0.823. The standard InChI is InChI=1S/C21H46N6O3/c1-21(2,3)30-20(29)27-16-5-4-10-18(23)19(28)26-17-9-15-25-13-7-6-12-24-14-8-11-22/h18,24-25H,4-17,22-23H2,1-3H3,(H,26,28)(H,27,29)/t18-/m1/s1. The molecule has 0 aromatic rings. The molecule has 2 amide bonds. The van der Waals surface area contributed by atoms with Crippen LogP contribution in [-0.2, 0) is 9.53 Å². The van der Waals surface area contributed by atoms with E-state index in [1.54, 1.807) is 0 Å². The number of nitrogens with one attached hydrogen (secondary N) is 4. The molecule has 0 saturated heterocycles. The van der Waals surface area contributed by atoms with E-state index in [9.17, 15) is 9.59 Å². The van der Waals surface area contributed by atoms with E-state index in [0.717, 1.165) is 71.2 Å². The first-order valence-electron chi connectivity index (χ1n) is 11.4. The molecular weight excluding hydrogens is 384 g/mol. The van der Waals surface area contributed by atoms with Gasteiger partial charge in [-0.2, -0.15) is 0 Å². The highest BCUT2D eigenvalue weighted by Crippen LogP contribution is 2.06. The minimum atomic E-state index is -0.508. The Labute approximate surface area is 182 Å². The molecule has 0 aliphatic rings. The predicted molar refractivity (Wildman–Crippen MR) is 122 cm³/mol. The number of unbranched alkanes of at least 4 members (excludes halogenated alkanes) is 2. The zero-order valence-electron chi connectivity index (χ0n) is 19.4. The van der Waals surface area contributed by atoms with E-state index < -0.39 is 17.7 Å². The number of nitrogens with two attached hydrogens (primary N) is 2. The number of rotatable bonds is 18. The van der Waals surface area contributed by atoms with Crippen molar-refractivity contribution < 1.29 is 14.3 Å². The molecule has 0 saturated carbocycles. The third-order valence-electron chi connectivity index (χ3n) is 4.29. The number of ether oxygens (including phenoxy) is 1. The van der Waals surface area contributed by atoms with E-state index >= 15 is 0 Å². The smallest absolute Gasteiger partial charge is 0.407 e. The quantitative estimate of drug-likeness (QED) is 0.177. The normalized spacial score (nSPS) is 12.4. The van der Waals surface area contributed by atoms with Gasteiger partial charge in [0.05, 0.1) is 6.04 Å². The maximum absolute atomic E-state index is 12.0. The van der Waals surface area contributed by atoms with Crippen molar-refractivity contribution in [2.75, 3.05) is 45.8 Å². The van der Waals surface area contributed by atoms with Gasteiger partial charge < -0.3 is 37.5 Å². The average Bonchev–Trinajstić information content (AvgIpc) is 2.66. The van der Waals surface area contributed by atoms with Gasteiger partial charge in [-0.05, 0) is 98.4 Å². The molecule has 0 aromatic carbocycles. The Bertz CT molecular complexity index is 443. The molecule has 8 N–H and O–H groups in total. The summed E-state index contributed by atoms with van der Waals surface area (Å²) in [6, 6.07) is -0.508. The number of hydrogen-bond donors (Lipinski definition) is 6. The van der Waals surface area contributed by atoms with Gasteiger partial charge in [0, 0.05) is 13.1 Å². The van der Waals surface area contributed by atoms with Crippen LogP contribution >= 0.6 is 0 Å². The number of amides is 2. The highest BCUT2D eigenvalue weighted by atomic mass is 16.6. The van der Waals surface area contributed by atoms with Crippen LogP contribution in [0.4, 0.5) is 4.79 Å². The van der Waals surface area contributed by atoms with Crippen LogP contribution in [0.3, 0.4) is 0 Å². The number of carbonyl (C=O) groups excluding carboxylic acids is 2. The van der Waals surface area contributed by atoms with Crippen molar-refractivity contribution in [3.05, 3.63) is 0 Å². The molecule has 30 heavy (non-hydrogen) atoms. The fourth-order valence-corrected chi connectivity index (χ4v) is 2.66. The molecule has 0 unspecified atom stereocenters. The van der Waals surface area contributed by atoms with Gasteiger partial charge in [-0.25, -0.2) is 4.79 Å².